The summed E-state index contributed by atoms with van der Waals surface area (Å²) in [6, 6.07) is 0. The lowest BCUT2D eigenvalue weighted by Gasteiger charge is -2.16. The van der Waals surface area contributed by atoms with Gasteiger partial charge in [0.05, 0.1) is 59.0 Å². The predicted octanol–water partition coefficient (Wildman–Crippen LogP) is 2.23. The summed E-state index contributed by atoms with van der Waals surface area (Å²) in [5.41, 5.74) is 0. The highest BCUT2D eigenvalue weighted by atomic mass is 32.1. The zero-order chi connectivity index (χ0) is 15.1. The molecule has 0 amide bonds. The smallest absolute Gasteiger partial charge is 0.332 e. The fourth-order valence-electron chi connectivity index (χ4n) is 1.34. The third kappa shape index (κ3) is 12.1. The second-order valence-corrected chi connectivity index (χ2v) is 6.36. The molecule has 6 nitrogen and oxygen atoms in total. The molecule has 0 atom stereocenters. The van der Waals surface area contributed by atoms with Gasteiger partial charge in [-0.25, -0.2) is 0 Å². The molecule has 8 heteroatoms. The zero-order valence-electron chi connectivity index (χ0n) is 12.4. The van der Waals surface area contributed by atoms with Gasteiger partial charge in [0.2, 0.25) is 0 Å². The maximum absolute atomic E-state index is 12.1. The molecule has 0 N–H and O–H groups in total. The van der Waals surface area contributed by atoms with E-state index in [1.54, 1.807) is 13.8 Å². The first-order chi connectivity index (χ1) is 9.68. The molecule has 0 aromatic heterocycles. The largest absolute Gasteiger partial charge is 0.378 e. The van der Waals surface area contributed by atoms with Gasteiger partial charge >= 0.3 is 7.60 Å². The third-order valence-electron chi connectivity index (χ3n) is 2.14. The standard InChI is InChI=1S/C12H27O6PS/c1-3-17-19(13,18-4-2)11-9-15-7-5-14-6-8-16-10-12-20/h20H,3-12H2,1-2H3. The highest BCUT2D eigenvalue weighted by Gasteiger charge is 2.22. The van der Waals surface area contributed by atoms with Gasteiger partial charge in [-0.15, -0.1) is 0 Å². The lowest BCUT2D eigenvalue weighted by molar-refractivity contribution is 0.0196. The summed E-state index contributed by atoms with van der Waals surface area (Å²) in [5.74, 6) is 0.711. The monoisotopic (exact) mass is 330 g/mol. The van der Waals surface area contributed by atoms with Crippen molar-refractivity contribution in [3.8, 4) is 0 Å². The Bertz CT molecular complexity index is 244. The SMILES string of the molecule is CCOP(=O)(CCOCCOCCOCCS)OCC. The highest BCUT2D eigenvalue weighted by Crippen LogP contribution is 2.47. The average Bonchev–Trinajstić information content (AvgIpc) is 2.41. The fraction of sp³-hybridized carbons (Fsp3) is 1.00. The molecule has 0 radical (unpaired) electrons. The molecule has 0 rings (SSSR count). The summed E-state index contributed by atoms with van der Waals surface area (Å²) in [6.45, 7) is 7.30. The van der Waals surface area contributed by atoms with Crippen molar-refractivity contribution in [3.63, 3.8) is 0 Å². The van der Waals surface area contributed by atoms with Crippen LogP contribution >= 0.6 is 20.2 Å². The van der Waals surface area contributed by atoms with E-state index in [0.717, 1.165) is 0 Å². The summed E-state index contributed by atoms with van der Waals surface area (Å²) in [7, 11) is -2.99. The van der Waals surface area contributed by atoms with Crippen molar-refractivity contribution < 1.29 is 27.8 Å². The van der Waals surface area contributed by atoms with Crippen LogP contribution in [0.2, 0.25) is 0 Å². The topological polar surface area (TPSA) is 63.2 Å². The predicted molar refractivity (Wildman–Crippen MR) is 82.0 cm³/mol. The second-order valence-electron chi connectivity index (χ2n) is 3.73. The Morgan fingerprint density at radius 3 is 1.70 bits per heavy atom. The van der Waals surface area contributed by atoms with Gasteiger partial charge in [-0.05, 0) is 13.8 Å². The van der Waals surface area contributed by atoms with Crippen LogP contribution in [0.25, 0.3) is 0 Å². The summed E-state index contributed by atoms with van der Waals surface area (Å²) < 4.78 is 38.2. The highest BCUT2D eigenvalue weighted by molar-refractivity contribution is 7.80. The Morgan fingerprint density at radius 1 is 0.800 bits per heavy atom. The summed E-state index contributed by atoms with van der Waals surface area (Å²) >= 11 is 4.03. The average molecular weight is 330 g/mol. The molecule has 20 heavy (non-hydrogen) atoms. The van der Waals surface area contributed by atoms with Crippen molar-refractivity contribution in [1.82, 2.24) is 0 Å². The maximum atomic E-state index is 12.1. The van der Waals surface area contributed by atoms with E-state index >= 15 is 0 Å². The van der Waals surface area contributed by atoms with Crippen LogP contribution < -0.4 is 0 Å². The van der Waals surface area contributed by atoms with Crippen LogP contribution in [0.15, 0.2) is 0 Å². The van der Waals surface area contributed by atoms with Crippen molar-refractivity contribution in [2.45, 2.75) is 13.8 Å². The van der Waals surface area contributed by atoms with Gasteiger partial charge in [-0.2, -0.15) is 12.6 Å². The Morgan fingerprint density at radius 2 is 1.25 bits per heavy atom. The maximum Gasteiger partial charge on any atom is 0.332 e. The van der Waals surface area contributed by atoms with Crippen LogP contribution in [0.3, 0.4) is 0 Å². The Labute approximate surface area is 127 Å². The molecule has 0 aromatic carbocycles. The molecule has 0 aliphatic rings. The van der Waals surface area contributed by atoms with Crippen molar-refractivity contribution >= 4 is 20.2 Å². The molecule has 0 aliphatic heterocycles. The molecule has 0 aromatic rings. The van der Waals surface area contributed by atoms with Gasteiger partial charge in [-0.3, -0.25) is 4.57 Å². The van der Waals surface area contributed by atoms with E-state index in [0.29, 0.717) is 58.6 Å². The molecule has 0 unspecified atom stereocenters. The minimum atomic E-state index is -2.99. The van der Waals surface area contributed by atoms with E-state index in [1.807, 2.05) is 0 Å². The van der Waals surface area contributed by atoms with Crippen LogP contribution in [0, 0.1) is 0 Å². The Hall–Kier alpha value is 0.380. The summed E-state index contributed by atoms with van der Waals surface area (Å²) in [5, 5.41) is 0. The minimum Gasteiger partial charge on any atom is -0.378 e. The van der Waals surface area contributed by atoms with E-state index in [2.05, 4.69) is 12.6 Å². The van der Waals surface area contributed by atoms with Crippen molar-refractivity contribution in [3.05, 3.63) is 0 Å². The summed E-state index contributed by atoms with van der Waals surface area (Å²) in [4.78, 5) is 0. The normalized spacial score (nSPS) is 11.9. The van der Waals surface area contributed by atoms with Crippen LogP contribution in [0.1, 0.15) is 13.8 Å². The van der Waals surface area contributed by atoms with E-state index in [9.17, 15) is 4.57 Å². The number of thiol groups is 1. The molecule has 0 saturated carbocycles. The van der Waals surface area contributed by atoms with E-state index < -0.39 is 7.60 Å². The molecule has 0 fully saturated rings. The first-order valence-corrected chi connectivity index (χ1v) is 9.26. The fourth-order valence-corrected chi connectivity index (χ4v) is 2.94. The van der Waals surface area contributed by atoms with Gasteiger partial charge < -0.3 is 23.3 Å². The first-order valence-electron chi connectivity index (χ1n) is 6.90. The van der Waals surface area contributed by atoms with E-state index in [1.165, 1.54) is 0 Å². The molecule has 122 valence electrons. The lowest BCUT2D eigenvalue weighted by Crippen LogP contribution is -2.12. The Balaban J connectivity index is 3.43. The minimum absolute atomic E-state index is 0.264. The van der Waals surface area contributed by atoms with Gasteiger partial charge in [0.15, 0.2) is 0 Å². The molecular weight excluding hydrogens is 303 g/mol. The second kappa shape index (κ2) is 14.3. The number of hydrogen-bond donors (Lipinski definition) is 1. The molecular formula is C12H27O6PS. The van der Waals surface area contributed by atoms with Gasteiger partial charge in [0, 0.05) is 5.75 Å². The Kier molecular flexibility index (Phi) is 14.6. The van der Waals surface area contributed by atoms with Crippen LogP contribution in [0.5, 0.6) is 0 Å². The van der Waals surface area contributed by atoms with Gasteiger partial charge in [0.25, 0.3) is 0 Å². The lowest BCUT2D eigenvalue weighted by atomic mass is 10.7. The number of rotatable bonds is 15. The van der Waals surface area contributed by atoms with Crippen molar-refractivity contribution in [2.75, 3.05) is 64.8 Å². The van der Waals surface area contributed by atoms with Crippen molar-refractivity contribution in [2.24, 2.45) is 0 Å². The van der Waals surface area contributed by atoms with Crippen LogP contribution in [-0.2, 0) is 27.8 Å². The molecule has 0 spiro atoms. The first kappa shape index (κ1) is 20.4. The van der Waals surface area contributed by atoms with Crippen LogP contribution in [-0.4, -0.2) is 64.8 Å². The number of ether oxygens (including phenoxy) is 3. The van der Waals surface area contributed by atoms with Gasteiger partial charge in [-0.1, -0.05) is 0 Å². The van der Waals surface area contributed by atoms with Gasteiger partial charge in [0.1, 0.15) is 0 Å². The number of hydrogen-bond acceptors (Lipinski definition) is 7. The third-order valence-corrected chi connectivity index (χ3v) is 4.36. The van der Waals surface area contributed by atoms with E-state index in [-0.39, 0.29) is 6.16 Å². The van der Waals surface area contributed by atoms with E-state index in [4.69, 9.17) is 23.3 Å². The van der Waals surface area contributed by atoms with Crippen LogP contribution in [0.4, 0.5) is 0 Å². The summed E-state index contributed by atoms with van der Waals surface area (Å²) in [6.07, 6.45) is 0.264. The zero-order valence-corrected chi connectivity index (χ0v) is 14.2. The molecule has 0 aliphatic carbocycles. The molecule has 0 heterocycles. The van der Waals surface area contributed by atoms with Crippen molar-refractivity contribution in [1.29, 1.82) is 0 Å². The quantitative estimate of drug-likeness (QED) is 0.282. The molecule has 0 saturated heterocycles. The molecule has 0 bridgehead atoms.